The Labute approximate surface area is 86.2 Å². The molecule has 0 radical (unpaired) electrons. The van der Waals surface area contributed by atoms with E-state index in [9.17, 15) is 0 Å². The lowest BCUT2D eigenvalue weighted by Gasteiger charge is -2.05. The van der Waals surface area contributed by atoms with Crippen LogP contribution in [0, 0.1) is 0 Å². The maximum atomic E-state index is 3.96. The van der Waals surface area contributed by atoms with Crippen LogP contribution in [0.15, 0.2) is 54.6 Å². The highest BCUT2D eigenvalue weighted by Gasteiger charge is 1.89. The zero-order chi connectivity index (χ0) is 10.2. The Hall–Kier alpha value is -1.50. The average Bonchev–Trinajstić information content (AvgIpc) is 2.25. The number of para-hydroxylation sites is 1. The molecule has 0 heterocycles. The van der Waals surface area contributed by atoms with E-state index in [1.807, 2.05) is 18.2 Å². The van der Waals surface area contributed by atoms with Gasteiger partial charge in [-0.05, 0) is 24.1 Å². The van der Waals surface area contributed by atoms with Gasteiger partial charge in [0.2, 0.25) is 0 Å². The van der Waals surface area contributed by atoms with Gasteiger partial charge in [-0.2, -0.15) is 0 Å². The van der Waals surface area contributed by atoms with Crippen molar-refractivity contribution in [3.8, 4) is 0 Å². The number of hydrogen-bond acceptors (Lipinski definition) is 1. The average molecular weight is 187 g/mol. The van der Waals surface area contributed by atoms with Crippen molar-refractivity contribution in [3.63, 3.8) is 0 Å². The molecule has 0 aliphatic rings. The van der Waals surface area contributed by atoms with Gasteiger partial charge in [-0.1, -0.05) is 43.9 Å². The van der Waals surface area contributed by atoms with Crippen molar-refractivity contribution < 1.29 is 0 Å². The molecule has 0 atom stereocenters. The molecule has 0 bridgehead atoms. The molecule has 0 fully saturated rings. The molecule has 1 heteroatoms. The van der Waals surface area contributed by atoms with Crippen LogP contribution in [-0.4, -0.2) is 6.54 Å². The predicted molar refractivity (Wildman–Crippen MR) is 63.5 cm³/mol. The highest BCUT2D eigenvalue weighted by molar-refractivity contribution is 5.44. The van der Waals surface area contributed by atoms with E-state index >= 15 is 0 Å². The zero-order valence-corrected chi connectivity index (χ0v) is 8.66. The Kier molecular flexibility index (Phi) is 4.56. The summed E-state index contributed by atoms with van der Waals surface area (Å²) in [5.74, 6) is 0. The molecule has 0 saturated heterocycles. The lowest BCUT2D eigenvalue weighted by atomic mass is 10.2. The van der Waals surface area contributed by atoms with Crippen LogP contribution in [0.25, 0.3) is 0 Å². The van der Waals surface area contributed by atoms with Gasteiger partial charge >= 0.3 is 0 Å². The van der Waals surface area contributed by atoms with E-state index in [2.05, 4.69) is 43.1 Å². The molecule has 1 aromatic carbocycles. The van der Waals surface area contributed by atoms with Crippen LogP contribution in [0.4, 0.5) is 5.69 Å². The SMILES string of the molecule is C=C(/C=C\CC)CNc1ccccc1. The Morgan fingerprint density at radius 2 is 2.07 bits per heavy atom. The first-order valence-electron chi connectivity index (χ1n) is 4.96. The third-order valence-corrected chi connectivity index (χ3v) is 1.88. The number of hydrogen-bond donors (Lipinski definition) is 1. The third kappa shape index (κ3) is 3.94. The summed E-state index contributed by atoms with van der Waals surface area (Å²) in [4.78, 5) is 0. The van der Waals surface area contributed by atoms with Gasteiger partial charge in [0, 0.05) is 12.2 Å². The van der Waals surface area contributed by atoms with E-state index in [-0.39, 0.29) is 0 Å². The summed E-state index contributed by atoms with van der Waals surface area (Å²) in [7, 11) is 0. The Morgan fingerprint density at radius 1 is 1.36 bits per heavy atom. The number of nitrogens with one attached hydrogen (secondary N) is 1. The van der Waals surface area contributed by atoms with Crippen molar-refractivity contribution in [2.24, 2.45) is 0 Å². The zero-order valence-electron chi connectivity index (χ0n) is 8.66. The van der Waals surface area contributed by atoms with Crippen molar-refractivity contribution in [2.75, 3.05) is 11.9 Å². The Bertz CT molecular complexity index is 298. The lowest BCUT2D eigenvalue weighted by Crippen LogP contribution is -2.01. The minimum absolute atomic E-state index is 0.806. The molecule has 0 saturated carbocycles. The summed E-state index contributed by atoms with van der Waals surface area (Å²) in [5, 5.41) is 3.30. The molecule has 0 aliphatic carbocycles. The molecule has 0 amide bonds. The quantitative estimate of drug-likeness (QED) is 0.694. The minimum Gasteiger partial charge on any atom is -0.381 e. The largest absolute Gasteiger partial charge is 0.381 e. The second-order valence-electron chi connectivity index (χ2n) is 3.19. The summed E-state index contributed by atoms with van der Waals surface area (Å²) < 4.78 is 0. The topological polar surface area (TPSA) is 12.0 Å². The van der Waals surface area contributed by atoms with E-state index in [1.54, 1.807) is 0 Å². The van der Waals surface area contributed by atoms with Crippen molar-refractivity contribution in [1.29, 1.82) is 0 Å². The maximum absolute atomic E-state index is 3.96. The van der Waals surface area contributed by atoms with Crippen LogP contribution in [-0.2, 0) is 0 Å². The molecular weight excluding hydrogens is 170 g/mol. The standard InChI is InChI=1S/C13H17N/c1-3-4-8-12(2)11-14-13-9-6-5-7-10-13/h4-10,14H,2-3,11H2,1H3/b8-4-. The molecule has 1 rings (SSSR count). The summed E-state index contributed by atoms with van der Waals surface area (Å²) in [5.41, 5.74) is 2.24. The summed E-state index contributed by atoms with van der Waals surface area (Å²) >= 11 is 0. The number of allylic oxidation sites excluding steroid dienone is 1. The first-order chi connectivity index (χ1) is 6.83. The Morgan fingerprint density at radius 3 is 2.71 bits per heavy atom. The molecule has 1 nitrogen and oxygen atoms in total. The van der Waals surface area contributed by atoms with Gasteiger partial charge in [-0.15, -0.1) is 0 Å². The molecule has 0 aromatic heterocycles. The fourth-order valence-electron chi connectivity index (χ4n) is 1.12. The van der Waals surface area contributed by atoms with E-state index in [0.717, 1.165) is 24.2 Å². The van der Waals surface area contributed by atoms with E-state index in [1.165, 1.54) is 0 Å². The van der Waals surface area contributed by atoms with Gasteiger partial charge in [0.15, 0.2) is 0 Å². The highest BCUT2D eigenvalue weighted by atomic mass is 14.9. The predicted octanol–water partition coefficient (Wildman–Crippen LogP) is 3.62. The molecule has 14 heavy (non-hydrogen) atoms. The van der Waals surface area contributed by atoms with Crippen LogP contribution in [0.2, 0.25) is 0 Å². The van der Waals surface area contributed by atoms with Gasteiger partial charge in [0.25, 0.3) is 0 Å². The summed E-state index contributed by atoms with van der Waals surface area (Å²) in [6.45, 7) is 6.88. The minimum atomic E-state index is 0.806. The van der Waals surface area contributed by atoms with E-state index in [4.69, 9.17) is 0 Å². The van der Waals surface area contributed by atoms with E-state index in [0.29, 0.717) is 0 Å². The number of rotatable bonds is 5. The van der Waals surface area contributed by atoms with Crippen LogP contribution < -0.4 is 5.32 Å². The van der Waals surface area contributed by atoms with Crippen molar-refractivity contribution in [2.45, 2.75) is 13.3 Å². The van der Waals surface area contributed by atoms with Crippen LogP contribution in [0.5, 0.6) is 0 Å². The van der Waals surface area contributed by atoms with Gasteiger partial charge in [0.1, 0.15) is 0 Å². The smallest absolute Gasteiger partial charge is 0.0394 e. The molecule has 0 unspecified atom stereocenters. The van der Waals surface area contributed by atoms with Crippen LogP contribution in [0.1, 0.15) is 13.3 Å². The number of benzene rings is 1. The Balaban J connectivity index is 2.34. The molecule has 0 aliphatic heterocycles. The molecular formula is C13H17N. The van der Waals surface area contributed by atoms with Gasteiger partial charge in [0.05, 0.1) is 0 Å². The van der Waals surface area contributed by atoms with E-state index < -0.39 is 0 Å². The fourth-order valence-corrected chi connectivity index (χ4v) is 1.12. The maximum Gasteiger partial charge on any atom is 0.0394 e. The van der Waals surface area contributed by atoms with Gasteiger partial charge in [-0.3, -0.25) is 0 Å². The first kappa shape index (κ1) is 10.6. The normalized spacial score (nSPS) is 10.4. The van der Waals surface area contributed by atoms with Crippen molar-refractivity contribution in [1.82, 2.24) is 0 Å². The second-order valence-corrected chi connectivity index (χ2v) is 3.19. The lowest BCUT2D eigenvalue weighted by molar-refractivity contribution is 1.20. The molecule has 1 N–H and O–H groups in total. The van der Waals surface area contributed by atoms with Gasteiger partial charge < -0.3 is 5.32 Å². The summed E-state index contributed by atoms with van der Waals surface area (Å²) in [6.07, 6.45) is 5.25. The molecule has 0 spiro atoms. The van der Waals surface area contributed by atoms with Gasteiger partial charge in [-0.25, -0.2) is 0 Å². The highest BCUT2D eigenvalue weighted by Crippen LogP contribution is 2.05. The monoisotopic (exact) mass is 187 g/mol. The van der Waals surface area contributed by atoms with Crippen molar-refractivity contribution >= 4 is 5.69 Å². The van der Waals surface area contributed by atoms with Crippen molar-refractivity contribution in [3.05, 3.63) is 54.6 Å². The second kappa shape index (κ2) is 6.03. The van der Waals surface area contributed by atoms with Crippen LogP contribution in [0.3, 0.4) is 0 Å². The fraction of sp³-hybridized carbons (Fsp3) is 0.231. The van der Waals surface area contributed by atoms with Crippen LogP contribution >= 0.6 is 0 Å². The summed E-state index contributed by atoms with van der Waals surface area (Å²) in [6, 6.07) is 10.2. The molecule has 1 aromatic rings. The third-order valence-electron chi connectivity index (χ3n) is 1.88. The molecule has 74 valence electrons. The number of anilines is 1. The first-order valence-corrected chi connectivity index (χ1v) is 4.96.